The van der Waals surface area contributed by atoms with Gasteiger partial charge in [0.25, 0.3) is 0 Å². The summed E-state index contributed by atoms with van der Waals surface area (Å²) in [5.74, 6) is -0.424. The van der Waals surface area contributed by atoms with E-state index in [4.69, 9.17) is 0 Å². The van der Waals surface area contributed by atoms with Crippen molar-refractivity contribution >= 4 is 28.3 Å². The zero-order valence-electron chi connectivity index (χ0n) is 10.0. The molecule has 2 aromatic heterocycles. The van der Waals surface area contributed by atoms with E-state index in [2.05, 4.69) is 9.72 Å². The molecule has 0 saturated heterocycles. The summed E-state index contributed by atoms with van der Waals surface area (Å²) < 4.78 is 6.24. The summed E-state index contributed by atoms with van der Waals surface area (Å²) in [6.07, 6.45) is 0. The molecule has 96 valence electrons. The molecule has 1 N–H and O–H groups in total. The predicted molar refractivity (Wildman–Crippen MR) is 73.1 cm³/mol. The lowest BCUT2D eigenvalue weighted by Gasteiger charge is -2.01. The van der Waals surface area contributed by atoms with Gasteiger partial charge in [0.15, 0.2) is 0 Å². The summed E-state index contributed by atoms with van der Waals surface area (Å²) in [5.41, 5.74) is 1.54. The lowest BCUT2D eigenvalue weighted by molar-refractivity contribution is 0.0601. The van der Waals surface area contributed by atoms with Crippen molar-refractivity contribution in [1.29, 1.82) is 0 Å². The van der Waals surface area contributed by atoms with Crippen molar-refractivity contribution in [2.75, 3.05) is 7.11 Å². The van der Waals surface area contributed by atoms with Crippen LogP contribution >= 0.6 is 11.3 Å². The van der Waals surface area contributed by atoms with Gasteiger partial charge in [-0.2, -0.15) is 0 Å². The molecule has 0 aliphatic heterocycles. The Bertz CT molecular complexity index is 799. The number of ether oxygens (including phenoxy) is 1. The highest BCUT2D eigenvalue weighted by molar-refractivity contribution is 7.12. The van der Waals surface area contributed by atoms with Crippen molar-refractivity contribution in [1.82, 2.24) is 9.55 Å². The van der Waals surface area contributed by atoms with Crippen LogP contribution in [-0.4, -0.2) is 22.6 Å². The molecule has 0 aliphatic carbocycles. The molecule has 5 nitrogen and oxygen atoms in total. The number of nitrogens with one attached hydrogen (secondary N) is 1. The summed E-state index contributed by atoms with van der Waals surface area (Å²) in [5, 5.41) is 2.74. The zero-order valence-corrected chi connectivity index (χ0v) is 10.9. The molecular formula is C13H10N2O3S. The minimum absolute atomic E-state index is 0.223. The number of nitrogens with zero attached hydrogens (tertiary/aromatic N) is 1. The van der Waals surface area contributed by atoms with Crippen LogP contribution in [0.3, 0.4) is 0 Å². The summed E-state index contributed by atoms with van der Waals surface area (Å²) in [7, 11) is 1.33. The highest BCUT2D eigenvalue weighted by Crippen LogP contribution is 2.20. The number of methoxy groups -OCH3 is 1. The molecule has 2 heterocycles. The number of rotatable bonds is 2. The molecule has 0 bridgehead atoms. The average molecular weight is 274 g/mol. The van der Waals surface area contributed by atoms with E-state index in [1.807, 2.05) is 17.5 Å². The summed E-state index contributed by atoms with van der Waals surface area (Å²) in [6, 6.07) is 8.75. The number of benzene rings is 1. The maximum atomic E-state index is 12.0. The van der Waals surface area contributed by atoms with Gasteiger partial charge in [0, 0.05) is 0 Å². The SMILES string of the molecule is COC(=O)c1ccc2c(c1)[nH]c(=O)n2-c1cccs1. The fourth-order valence-electron chi connectivity index (χ4n) is 1.97. The molecule has 0 spiro atoms. The molecule has 0 amide bonds. The Morgan fingerprint density at radius 3 is 2.89 bits per heavy atom. The minimum Gasteiger partial charge on any atom is -0.465 e. The van der Waals surface area contributed by atoms with Crippen LogP contribution in [0, 0.1) is 0 Å². The van der Waals surface area contributed by atoms with Crippen molar-refractivity contribution in [2.24, 2.45) is 0 Å². The Balaban J connectivity index is 2.24. The van der Waals surface area contributed by atoms with Crippen molar-refractivity contribution < 1.29 is 9.53 Å². The Morgan fingerprint density at radius 2 is 2.21 bits per heavy atom. The van der Waals surface area contributed by atoms with Gasteiger partial charge in [-0.15, -0.1) is 11.3 Å². The molecule has 0 atom stereocenters. The number of thiophene rings is 1. The first-order valence-electron chi connectivity index (χ1n) is 5.57. The fourth-order valence-corrected chi connectivity index (χ4v) is 2.71. The minimum atomic E-state index is -0.424. The van der Waals surface area contributed by atoms with Crippen molar-refractivity contribution in [3.63, 3.8) is 0 Å². The highest BCUT2D eigenvalue weighted by Gasteiger charge is 2.12. The number of hydrogen-bond donors (Lipinski definition) is 1. The summed E-state index contributed by atoms with van der Waals surface area (Å²) in [6.45, 7) is 0. The molecule has 3 aromatic rings. The first kappa shape index (κ1) is 11.7. The predicted octanol–water partition coefficient (Wildman–Crippen LogP) is 2.17. The van der Waals surface area contributed by atoms with Crippen molar-refractivity contribution in [2.45, 2.75) is 0 Å². The van der Waals surface area contributed by atoms with Gasteiger partial charge < -0.3 is 9.72 Å². The maximum Gasteiger partial charge on any atom is 0.337 e. The standard InChI is InChI=1S/C13H10N2O3S/c1-18-12(16)8-4-5-10-9(7-8)14-13(17)15(10)11-3-2-6-19-11/h2-7H,1H3,(H,14,17). The van der Waals surface area contributed by atoms with Crippen LogP contribution < -0.4 is 5.69 Å². The second-order valence-corrected chi connectivity index (χ2v) is 4.87. The van der Waals surface area contributed by atoms with E-state index in [9.17, 15) is 9.59 Å². The monoisotopic (exact) mass is 274 g/mol. The van der Waals surface area contributed by atoms with Crippen LogP contribution in [0.5, 0.6) is 0 Å². The van der Waals surface area contributed by atoms with Gasteiger partial charge in [-0.1, -0.05) is 0 Å². The molecule has 0 aliphatic rings. The van der Waals surface area contributed by atoms with Gasteiger partial charge in [-0.05, 0) is 35.7 Å². The first-order chi connectivity index (χ1) is 9.20. The van der Waals surface area contributed by atoms with E-state index in [-0.39, 0.29) is 5.69 Å². The molecular weight excluding hydrogens is 264 g/mol. The van der Waals surface area contributed by atoms with Crippen LogP contribution in [0.15, 0.2) is 40.5 Å². The lowest BCUT2D eigenvalue weighted by Crippen LogP contribution is -2.13. The third-order valence-corrected chi connectivity index (χ3v) is 3.68. The Labute approximate surface area is 112 Å². The van der Waals surface area contributed by atoms with Crippen LogP contribution in [0.1, 0.15) is 10.4 Å². The van der Waals surface area contributed by atoms with Gasteiger partial charge in [0.1, 0.15) is 5.00 Å². The number of esters is 1. The summed E-state index contributed by atoms with van der Waals surface area (Å²) >= 11 is 1.48. The smallest absolute Gasteiger partial charge is 0.337 e. The largest absolute Gasteiger partial charge is 0.465 e. The molecule has 0 radical (unpaired) electrons. The van der Waals surface area contributed by atoms with Crippen LogP contribution in [0.25, 0.3) is 16.0 Å². The maximum absolute atomic E-state index is 12.0. The molecule has 0 fully saturated rings. The molecule has 0 saturated carbocycles. The molecule has 19 heavy (non-hydrogen) atoms. The number of H-pyrrole nitrogens is 1. The normalized spacial score (nSPS) is 10.8. The van der Waals surface area contributed by atoms with Crippen molar-refractivity contribution in [3.05, 3.63) is 51.8 Å². The third kappa shape index (κ3) is 1.86. The molecule has 3 rings (SSSR count). The van der Waals surface area contributed by atoms with E-state index in [1.54, 1.807) is 22.8 Å². The van der Waals surface area contributed by atoms with E-state index >= 15 is 0 Å². The Hall–Kier alpha value is -2.34. The molecule has 0 unspecified atom stereocenters. The van der Waals surface area contributed by atoms with E-state index in [0.717, 1.165) is 10.5 Å². The van der Waals surface area contributed by atoms with Gasteiger partial charge in [0.05, 0.1) is 23.7 Å². The number of aromatic amines is 1. The van der Waals surface area contributed by atoms with Gasteiger partial charge in [-0.3, -0.25) is 4.57 Å². The van der Waals surface area contributed by atoms with E-state index in [1.165, 1.54) is 18.4 Å². The van der Waals surface area contributed by atoms with E-state index in [0.29, 0.717) is 11.1 Å². The molecule has 6 heteroatoms. The lowest BCUT2D eigenvalue weighted by atomic mass is 10.2. The zero-order chi connectivity index (χ0) is 13.4. The van der Waals surface area contributed by atoms with Crippen LogP contribution in [-0.2, 0) is 4.74 Å². The van der Waals surface area contributed by atoms with E-state index < -0.39 is 5.97 Å². The van der Waals surface area contributed by atoms with Crippen molar-refractivity contribution in [3.8, 4) is 5.00 Å². The first-order valence-corrected chi connectivity index (χ1v) is 6.45. The number of fused-ring (bicyclic) bond motifs is 1. The quantitative estimate of drug-likeness (QED) is 0.728. The summed E-state index contributed by atoms with van der Waals surface area (Å²) in [4.78, 5) is 26.2. The number of aromatic nitrogens is 2. The number of carbonyl (C=O) groups excluding carboxylic acids is 1. The second kappa shape index (κ2) is 4.40. The van der Waals surface area contributed by atoms with Gasteiger partial charge >= 0.3 is 11.7 Å². The number of carbonyl (C=O) groups is 1. The molecule has 1 aromatic carbocycles. The van der Waals surface area contributed by atoms with Gasteiger partial charge in [-0.25, -0.2) is 9.59 Å². The van der Waals surface area contributed by atoms with Gasteiger partial charge in [0.2, 0.25) is 0 Å². The topological polar surface area (TPSA) is 64.1 Å². The van der Waals surface area contributed by atoms with Crippen LogP contribution in [0.4, 0.5) is 0 Å². The average Bonchev–Trinajstić information content (AvgIpc) is 3.02. The number of imidazole rings is 1. The number of hydrogen-bond acceptors (Lipinski definition) is 4. The highest BCUT2D eigenvalue weighted by atomic mass is 32.1. The third-order valence-electron chi connectivity index (χ3n) is 2.83. The van der Waals surface area contributed by atoms with Crippen LogP contribution in [0.2, 0.25) is 0 Å². The second-order valence-electron chi connectivity index (χ2n) is 3.94. The fraction of sp³-hybridized carbons (Fsp3) is 0.0769. The Kier molecular flexibility index (Phi) is 2.72. The Morgan fingerprint density at radius 1 is 1.37 bits per heavy atom.